The van der Waals surface area contributed by atoms with E-state index in [1.54, 1.807) is 48.4 Å². The van der Waals surface area contributed by atoms with E-state index in [1.807, 2.05) is 12.1 Å². The Morgan fingerprint density at radius 2 is 1.72 bits per heavy atom. The molecule has 1 fully saturated rings. The molecule has 29 heavy (non-hydrogen) atoms. The van der Waals surface area contributed by atoms with Crippen LogP contribution in [0.5, 0.6) is 0 Å². The molecule has 0 aliphatic carbocycles. The molecule has 0 radical (unpaired) electrons. The second-order valence-electron chi connectivity index (χ2n) is 7.03. The van der Waals surface area contributed by atoms with Gasteiger partial charge in [-0.2, -0.15) is 0 Å². The number of nitrogens with one attached hydrogen (secondary N) is 1. The molecule has 0 unspecified atom stereocenters. The Morgan fingerprint density at radius 1 is 1.07 bits per heavy atom. The summed E-state index contributed by atoms with van der Waals surface area (Å²) in [6, 6.07) is 13.9. The third kappa shape index (κ3) is 5.00. The van der Waals surface area contributed by atoms with Crippen molar-refractivity contribution in [2.45, 2.75) is 19.4 Å². The van der Waals surface area contributed by atoms with Crippen molar-refractivity contribution in [2.75, 3.05) is 25.5 Å². The number of nitrogens with zero attached hydrogens (tertiary/aromatic N) is 1. The first kappa shape index (κ1) is 20.5. The number of hydrogen-bond acceptors (Lipinski definition) is 4. The number of aliphatic carboxylic acids is 1. The molecule has 2 aromatic rings. The van der Waals surface area contributed by atoms with Crippen LogP contribution < -0.4 is 5.32 Å². The van der Waals surface area contributed by atoms with Gasteiger partial charge in [-0.05, 0) is 48.7 Å². The molecule has 2 aromatic carbocycles. The monoisotopic (exact) mass is 396 g/mol. The first-order valence-electron chi connectivity index (χ1n) is 9.50. The minimum absolute atomic E-state index is 0.128. The zero-order valence-electron chi connectivity index (χ0n) is 16.3. The van der Waals surface area contributed by atoms with E-state index in [1.165, 1.54) is 0 Å². The van der Waals surface area contributed by atoms with E-state index in [9.17, 15) is 14.4 Å². The molecule has 1 heterocycles. The highest BCUT2D eigenvalue weighted by Crippen LogP contribution is 2.20. The van der Waals surface area contributed by atoms with E-state index >= 15 is 0 Å². The molecule has 152 valence electrons. The summed E-state index contributed by atoms with van der Waals surface area (Å²) in [6.07, 6.45) is 0.937. The van der Waals surface area contributed by atoms with Crippen molar-refractivity contribution in [3.05, 3.63) is 65.2 Å². The Labute approximate surface area is 169 Å². The van der Waals surface area contributed by atoms with Crippen molar-refractivity contribution in [1.82, 2.24) is 4.90 Å². The molecule has 0 bridgehead atoms. The molecule has 7 nitrogen and oxygen atoms in total. The number of carbonyl (C=O) groups is 3. The number of anilines is 1. The van der Waals surface area contributed by atoms with Crippen molar-refractivity contribution >= 4 is 23.5 Å². The topological polar surface area (TPSA) is 95.9 Å². The summed E-state index contributed by atoms with van der Waals surface area (Å²) >= 11 is 0. The second kappa shape index (κ2) is 9.34. The number of carboxylic acids is 1. The van der Waals surface area contributed by atoms with Gasteiger partial charge in [0.2, 0.25) is 0 Å². The molecule has 1 saturated heterocycles. The van der Waals surface area contributed by atoms with Gasteiger partial charge in [0.15, 0.2) is 0 Å². The molecule has 1 aliphatic heterocycles. The summed E-state index contributed by atoms with van der Waals surface area (Å²) in [5.41, 5.74) is 2.43. The standard InChI is InChI=1S/C22H24N2O5/c1-29-14-17-4-2-3-5-19(17)20(25)23-18-8-6-15(7-9-18)21(26)24-12-10-16(11-13-24)22(27)28/h2-9,16H,10-14H2,1H3,(H,23,25)(H,27,28). The zero-order valence-corrected chi connectivity index (χ0v) is 16.3. The van der Waals surface area contributed by atoms with Crippen LogP contribution >= 0.6 is 0 Å². The fraction of sp³-hybridized carbons (Fsp3) is 0.318. The molecule has 7 heteroatoms. The average molecular weight is 396 g/mol. The first-order chi connectivity index (χ1) is 14.0. The Balaban J connectivity index is 1.62. The van der Waals surface area contributed by atoms with Gasteiger partial charge in [-0.3, -0.25) is 14.4 Å². The number of likely N-dealkylation sites (tertiary alicyclic amines) is 1. The molecule has 3 rings (SSSR count). The normalized spacial score (nSPS) is 14.4. The minimum Gasteiger partial charge on any atom is -0.481 e. The van der Waals surface area contributed by atoms with E-state index in [0.29, 0.717) is 49.4 Å². The van der Waals surface area contributed by atoms with Crippen LogP contribution in [0.4, 0.5) is 5.69 Å². The van der Waals surface area contributed by atoms with Gasteiger partial charge in [-0.25, -0.2) is 0 Å². The van der Waals surface area contributed by atoms with E-state index in [4.69, 9.17) is 9.84 Å². The first-order valence-corrected chi connectivity index (χ1v) is 9.50. The molecule has 2 N–H and O–H groups in total. The number of carboxylic acid groups (broad SMARTS) is 1. The summed E-state index contributed by atoms with van der Waals surface area (Å²) in [5.74, 6) is -1.55. The highest BCUT2D eigenvalue weighted by molar-refractivity contribution is 6.05. The Hall–Kier alpha value is -3.19. The van der Waals surface area contributed by atoms with Gasteiger partial charge in [0, 0.05) is 37.0 Å². The van der Waals surface area contributed by atoms with Crippen LogP contribution in [0, 0.1) is 5.92 Å². The SMILES string of the molecule is COCc1ccccc1C(=O)Nc1ccc(C(=O)N2CCC(C(=O)O)CC2)cc1. The Morgan fingerprint density at radius 3 is 2.34 bits per heavy atom. The lowest BCUT2D eigenvalue weighted by Crippen LogP contribution is -2.40. The van der Waals surface area contributed by atoms with Crippen LogP contribution in [-0.4, -0.2) is 48.0 Å². The minimum atomic E-state index is -0.802. The molecule has 0 saturated carbocycles. The number of amides is 2. The van der Waals surface area contributed by atoms with Crippen LogP contribution in [0.1, 0.15) is 39.1 Å². The van der Waals surface area contributed by atoms with E-state index in [-0.39, 0.29) is 17.7 Å². The molecule has 2 amide bonds. The predicted molar refractivity (Wildman–Crippen MR) is 108 cm³/mol. The highest BCUT2D eigenvalue weighted by Gasteiger charge is 2.27. The second-order valence-corrected chi connectivity index (χ2v) is 7.03. The van der Waals surface area contributed by atoms with Gasteiger partial charge in [-0.15, -0.1) is 0 Å². The number of hydrogen-bond donors (Lipinski definition) is 2. The lowest BCUT2D eigenvalue weighted by Gasteiger charge is -2.30. The van der Waals surface area contributed by atoms with Crippen molar-refractivity contribution in [3.63, 3.8) is 0 Å². The van der Waals surface area contributed by atoms with E-state index in [2.05, 4.69) is 5.32 Å². The largest absolute Gasteiger partial charge is 0.481 e. The maximum Gasteiger partial charge on any atom is 0.306 e. The molecule has 1 aliphatic rings. The molecular weight excluding hydrogens is 372 g/mol. The van der Waals surface area contributed by atoms with Crippen molar-refractivity contribution in [2.24, 2.45) is 5.92 Å². The van der Waals surface area contributed by atoms with E-state index < -0.39 is 5.97 Å². The van der Waals surface area contributed by atoms with Crippen LogP contribution in [-0.2, 0) is 16.1 Å². The van der Waals surface area contributed by atoms with Crippen LogP contribution in [0.3, 0.4) is 0 Å². The number of rotatable bonds is 6. The van der Waals surface area contributed by atoms with Gasteiger partial charge in [0.25, 0.3) is 11.8 Å². The molecule has 0 atom stereocenters. The van der Waals surface area contributed by atoms with Gasteiger partial charge in [0.05, 0.1) is 12.5 Å². The summed E-state index contributed by atoms with van der Waals surface area (Å²) < 4.78 is 5.13. The van der Waals surface area contributed by atoms with Crippen molar-refractivity contribution in [1.29, 1.82) is 0 Å². The fourth-order valence-electron chi connectivity index (χ4n) is 3.43. The third-order valence-electron chi connectivity index (χ3n) is 5.08. The fourth-order valence-corrected chi connectivity index (χ4v) is 3.43. The maximum absolute atomic E-state index is 12.6. The smallest absolute Gasteiger partial charge is 0.306 e. The number of methoxy groups -OCH3 is 1. The average Bonchev–Trinajstić information content (AvgIpc) is 2.74. The molecular formula is C22H24N2O5. The van der Waals surface area contributed by atoms with Crippen molar-refractivity contribution < 1.29 is 24.2 Å². The Bertz CT molecular complexity index is 886. The number of benzene rings is 2. The van der Waals surface area contributed by atoms with Crippen molar-refractivity contribution in [3.8, 4) is 0 Å². The van der Waals surface area contributed by atoms with Gasteiger partial charge < -0.3 is 20.1 Å². The summed E-state index contributed by atoms with van der Waals surface area (Å²) in [5, 5.41) is 11.9. The molecule has 0 aromatic heterocycles. The summed E-state index contributed by atoms with van der Waals surface area (Å²) in [7, 11) is 1.58. The summed E-state index contributed by atoms with van der Waals surface area (Å²) in [6.45, 7) is 1.21. The Kier molecular flexibility index (Phi) is 6.61. The quantitative estimate of drug-likeness (QED) is 0.782. The zero-order chi connectivity index (χ0) is 20.8. The van der Waals surface area contributed by atoms with Crippen LogP contribution in [0.15, 0.2) is 48.5 Å². The highest BCUT2D eigenvalue weighted by atomic mass is 16.5. The van der Waals surface area contributed by atoms with Crippen LogP contribution in [0.25, 0.3) is 0 Å². The summed E-state index contributed by atoms with van der Waals surface area (Å²) in [4.78, 5) is 37.9. The number of carbonyl (C=O) groups excluding carboxylic acids is 2. The maximum atomic E-state index is 12.6. The lowest BCUT2D eigenvalue weighted by atomic mass is 9.96. The van der Waals surface area contributed by atoms with Gasteiger partial charge in [-0.1, -0.05) is 18.2 Å². The number of ether oxygens (including phenoxy) is 1. The molecule has 0 spiro atoms. The lowest BCUT2D eigenvalue weighted by molar-refractivity contribution is -0.143. The van der Waals surface area contributed by atoms with Gasteiger partial charge in [0.1, 0.15) is 0 Å². The van der Waals surface area contributed by atoms with E-state index in [0.717, 1.165) is 5.56 Å². The predicted octanol–water partition coefficient (Wildman–Crippen LogP) is 3.02. The van der Waals surface area contributed by atoms with Gasteiger partial charge >= 0.3 is 5.97 Å². The third-order valence-corrected chi connectivity index (χ3v) is 5.08. The van der Waals surface area contributed by atoms with Crippen LogP contribution in [0.2, 0.25) is 0 Å². The number of piperidine rings is 1.